The monoisotopic (exact) mass is 228 g/mol. The minimum absolute atomic E-state index is 0.0549. The molecule has 6 nitrogen and oxygen atoms in total. The molecule has 0 bridgehead atoms. The summed E-state index contributed by atoms with van der Waals surface area (Å²) in [7, 11) is 0. The maximum Gasteiger partial charge on any atom is 0.328 e. The van der Waals surface area contributed by atoms with Gasteiger partial charge in [-0.05, 0) is 13.0 Å². The number of morpholine rings is 1. The minimum atomic E-state index is -0.987. The van der Waals surface area contributed by atoms with E-state index in [1.54, 1.807) is 0 Å². The quantitative estimate of drug-likeness (QED) is 0.627. The summed E-state index contributed by atoms with van der Waals surface area (Å²) >= 11 is 0. The van der Waals surface area contributed by atoms with Crippen molar-refractivity contribution in [3.63, 3.8) is 0 Å². The van der Waals surface area contributed by atoms with Crippen molar-refractivity contribution in [1.82, 2.24) is 10.2 Å². The van der Waals surface area contributed by atoms with Crippen LogP contribution in [0, 0.1) is 5.92 Å². The Bertz CT molecular complexity index is 289. The number of hydrogen-bond donors (Lipinski definition) is 2. The highest BCUT2D eigenvalue weighted by Crippen LogP contribution is 2.16. The predicted molar refractivity (Wildman–Crippen MR) is 54.9 cm³/mol. The number of carbonyl (C=O) groups excluding carboxylic acids is 1. The zero-order valence-corrected chi connectivity index (χ0v) is 9.02. The van der Waals surface area contributed by atoms with Crippen LogP contribution < -0.4 is 5.32 Å². The number of carboxylic acids is 1. The third-order valence-electron chi connectivity index (χ3n) is 3.11. The predicted octanol–water partition coefficient (Wildman–Crippen LogP) is -1.09. The molecule has 0 spiro atoms. The molecule has 0 aromatic heterocycles. The van der Waals surface area contributed by atoms with Gasteiger partial charge >= 0.3 is 5.97 Å². The highest BCUT2D eigenvalue weighted by Gasteiger charge is 2.36. The van der Waals surface area contributed by atoms with Gasteiger partial charge in [-0.2, -0.15) is 0 Å². The fourth-order valence-corrected chi connectivity index (χ4v) is 2.17. The first kappa shape index (κ1) is 11.3. The molecule has 2 heterocycles. The summed E-state index contributed by atoms with van der Waals surface area (Å²) in [6.45, 7) is 2.39. The molecule has 0 radical (unpaired) electrons. The molecule has 2 aliphatic rings. The number of hydrogen-bond acceptors (Lipinski definition) is 4. The van der Waals surface area contributed by atoms with Gasteiger partial charge in [-0.3, -0.25) is 4.79 Å². The van der Waals surface area contributed by atoms with Crippen LogP contribution in [0.5, 0.6) is 0 Å². The normalized spacial score (nSPS) is 30.4. The van der Waals surface area contributed by atoms with Crippen LogP contribution in [0.3, 0.4) is 0 Å². The number of amides is 1. The van der Waals surface area contributed by atoms with Crippen LogP contribution in [0.1, 0.15) is 6.42 Å². The Kier molecular flexibility index (Phi) is 3.40. The number of aliphatic carboxylic acids is 1. The fraction of sp³-hybridized carbons (Fsp3) is 0.800. The van der Waals surface area contributed by atoms with Gasteiger partial charge in [-0.1, -0.05) is 0 Å². The second kappa shape index (κ2) is 4.80. The molecule has 2 N–H and O–H groups in total. The van der Waals surface area contributed by atoms with Gasteiger partial charge in [0.05, 0.1) is 19.1 Å². The van der Waals surface area contributed by atoms with Crippen molar-refractivity contribution in [2.75, 3.05) is 32.8 Å². The van der Waals surface area contributed by atoms with Crippen LogP contribution in [-0.2, 0) is 14.3 Å². The van der Waals surface area contributed by atoms with Crippen molar-refractivity contribution < 1.29 is 19.4 Å². The molecule has 0 aromatic rings. The number of carbonyl (C=O) groups is 2. The smallest absolute Gasteiger partial charge is 0.328 e. The molecule has 0 aromatic carbocycles. The van der Waals surface area contributed by atoms with Gasteiger partial charge < -0.3 is 20.1 Å². The molecule has 16 heavy (non-hydrogen) atoms. The summed E-state index contributed by atoms with van der Waals surface area (Å²) in [5.41, 5.74) is 0. The Balaban J connectivity index is 2.04. The molecule has 1 amide bonds. The first-order valence-electron chi connectivity index (χ1n) is 5.52. The third-order valence-corrected chi connectivity index (χ3v) is 3.11. The summed E-state index contributed by atoms with van der Waals surface area (Å²) in [6.07, 6.45) is 0.794. The summed E-state index contributed by atoms with van der Waals surface area (Å²) in [5, 5.41) is 12.1. The van der Waals surface area contributed by atoms with E-state index >= 15 is 0 Å². The van der Waals surface area contributed by atoms with E-state index in [0.717, 1.165) is 13.0 Å². The van der Waals surface area contributed by atoms with E-state index in [1.165, 1.54) is 4.90 Å². The van der Waals surface area contributed by atoms with Crippen molar-refractivity contribution in [3.8, 4) is 0 Å². The van der Waals surface area contributed by atoms with Crippen molar-refractivity contribution in [2.45, 2.75) is 12.5 Å². The van der Waals surface area contributed by atoms with Crippen molar-refractivity contribution in [3.05, 3.63) is 0 Å². The number of nitrogens with one attached hydrogen (secondary N) is 1. The van der Waals surface area contributed by atoms with Crippen LogP contribution in [0.25, 0.3) is 0 Å². The SMILES string of the molecule is O=C(O)C1COCCN1C(=O)C1CCNC1. The first-order chi connectivity index (χ1) is 7.70. The number of carboxylic acid groups (broad SMARTS) is 1. The van der Waals surface area contributed by atoms with Crippen molar-refractivity contribution >= 4 is 11.9 Å². The van der Waals surface area contributed by atoms with E-state index in [4.69, 9.17) is 9.84 Å². The molecular weight excluding hydrogens is 212 g/mol. The van der Waals surface area contributed by atoms with E-state index in [9.17, 15) is 9.59 Å². The van der Waals surface area contributed by atoms with E-state index in [1.807, 2.05) is 0 Å². The van der Waals surface area contributed by atoms with E-state index in [-0.39, 0.29) is 18.4 Å². The Morgan fingerprint density at radius 2 is 2.25 bits per heavy atom. The molecule has 0 saturated carbocycles. The van der Waals surface area contributed by atoms with Gasteiger partial charge in [0, 0.05) is 13.1 Å². The highest BCUT2D eigenvalue weighted by atomic mass is 16.5. The van der Waals surface area contributed by atoms with E-state index in [0.29, 0.717) is 19.7 Å². The largest absolute Gasteiger partial charge is 0.480 e. The van der Waals surface area contributed by atoms with Crippen LogP contribution >= 0.6 is 0 Å². The number of ether oxygens (including phenoxy) is 1. The Morgan fingerprint density at radius 3 is 2.88 bits per heavy atom. The average molecular weight is 228 g/mol. The fourth-order valence-electron chi connectivity index (χ4n) is 2.17. The zero-order chi connectivity index (χ0) is 11.5. The van der Waals surface area contributed by atoms with Crippen LogP contribution in [0.4, 0.5) is 0 Å². The lowest BCUT2D eigenvalue weighted by molar-refractivity contribution is -0.160. The molecule has 2 saturated heterocycles. The number of nitrogens with zero attached hydrogens (tertiary/aromatic N) is 1. The van der Waals surface area contributed by atoms with Gasteiger partial charge in [0.25, 0.3) is 0 Å². The van der Waals surface area contributed by atoms with E-state index in [2.05, 4.69) is 5.32 Å². The van der Waals surface area contributed by atoms with Crippen LogP contribution in [-0.4, -0.2) is 60.8 Å². The van der Waals surface area contributed by atoms with Crippen LogP contribution in [0.2, 0.25) is 0 Å². The molecule has 2 fully saturated rings. The topological polar surface area (TPSA) is 78.9 Å². The molecular formula is C10H16N2O4. The molecule has 2 unspecified atom stereocenters. The van der Waals surface area contributed by atoms with Crippen molar-refractivity contribution in [1.29, 1.82) is 0 Å². The molecule has 2 aliphatic heterocycles. The molecule has 0 aliphatic carbocycles. The zero-order valence-electron chi connectivity index (χ0n) is 9.02. The third kappa shape index (κ3) is 2.17. The Morgan fingerprint density at radius 1 is 1.44 bits per heavy atom. The lowest BCUT2D eigenvalue weighted by Crippen LogP contribution is -2.54. The molecule has 90 valence electrons. The van der Waals surface area contributed by atoms with Crippen LogP contribution in [0.15, 0.2) is 0 Å². The second-order valence-corrected chi connectivity index (χ2v) is 4.15. The standard InChI is InChI=1S/C10H16N2O4/c13-9(7-1-2-11-5-7)12-3-4-16-6-8(12)10(14)15/h7-8,11H,1-6H2,(H,14,15). The molecule has 6 heteroatoms. The lowest BCUT2D eigenvalue weighted by atomic mass is 10.1. The van der Waals surface area contributed by atoms with E-state index < -0.39 is 12.0 Å². The maximum atomic E-state index is 12.1. The van der Waals surface area contributed by atoms with Gasteiger partial charge in [0.15, 0.2) is 6.04 Å². The average Bonchev–Trinajstić information content (AvgIpc) is 2.81. The highest BCUT2D eigenvalue weighted by molar-refractivity contribution is 5.85. The summed E-state index contributed by atoms with van der Waals surface area (Å²) in [5.74, 6) is -1.11. The minimum Gasteiger partial charge on any atom is -0.480 e. The maximum absolute atomic E-state index is 12.1. The first-order valence-corrected chi connectivity index (χ1v) is 5.52. The summed E-state index contributed by atoms with van der Waals surface area (Å²) < 4.78 is 5.10. The second-order valence-electron chi connectivity index (χ2n) is 4.15. The van der Waals surface area contributed by atoms with Gasteiger partial charge in [-0.15, -0.1) is 0 Å². The van der Waals surface area contributed by atoms with Gasteiger partial charge in [0.1, 0.15) is 0 Å². The number of rotatable bonds is 2. The van der Waals surface area contributed by atoms with Gasteiger partial charge in [-0.25, -0.2) is 4.79 Å². The summed E-state index contributed by atoms with van der Waals surface area (Å²) in [4.78, 5) is 24.5. The lowest BCUT2D eigenvalue weighted by Gasteiger charge is -2.34. The molecule has 2 rings (SSSR count). The Hall–Kier alpha value is -1.14. The van der Waals surface area contributed by atoms with Gasteiger partial charge in [0.2, 0.25) is 5.91 Å². The molecule has 2 atom stereocenters. The Labute approximate surface area is 93.6 Å². The summed E-state index contributed by atoms with van der Waals surface area (Å²) in [6, 6.07) is -0.818. The van der Waals surface area contributed by atoms with Crippen molar-refractivity contribution in [2.24, 2.45) is 5.92 Å².